The quantitative estimate of drug-likeness (QED) is 0.603. The third-order valence-electron chi connectivity index (χ3n) is 2.16. The van der Waals surface area contributed by atoms with Gasteiger partial charge in [0.05, 0.1) is 5.69 Å². The molecule has 0 saturated carbocycles. The second-order valence-corrected chi connectivity index (χ2v) is 3.21. The minimum atomic E-state index is -1.14. The number of phenolic OH excluding ortho intramolecular Hbond substituents is 1. The van der Waals surface area contributed by atoms with Crippen molar-refractivity contribution in [2.24, 2.45) is 0 Å². The number of nitrogens with one attached hydrogen (secondary N) is 1. The summed E-state index contributed by atoms with van der Waals surface area (Å²) in [6.07, 6.45) is 0. The van der Waals surface area contributed by atoms with Gasteiger partial charge in [-0.15, -0.1) is 0 Å². The highest BCUT2D eigenvalue weighted by Crippen LogP contribution is 2.26. The summed E-state index contributed by atoms with van der Waals surface area (Å²) in [7, 11) is 0. The molecule has 0 aliphatic carbocycles. The number of nitrogens with zero attached hydrogens (tertiary/aromatic N) is 1. The molecule has 0 unspecified atom stereocenters. The van der Waals surface area contributed by atoms with Crippen LogP contribution in [0.1, 0.15) is 10.4 Å². The number of nitrogens with two attached hydrogens (primary N) is 1. The van der Waals surface area contributed by atoms with E-state index in [-0.39, 0.29) is 17.1 Å². The molecule has 0 spiro atoms. The molecule has 5 N–H and O–H groups in total. The summed E-state index contributed by atoms with van der Waals surface area (Å²) in [5.74, 6) is -1.10. The van der Waals surface area contributed by atoms with Gasteiger partial charge in [0, 0.05) is 5.56 Å². The standard InChI is InChI=1S/C10H9N3O3/c11-9-7(10(15)16)8(12-13-9)5-1-3-6(14)4-2-5/h1-4,14H,(H,15,16)(H3,11,12,13). The molecule has 2 aromatic rings. The second kappa shape index (κ2) is 3.58. The Morgan fingerprint density at radius 3 is 2.50 bits per heavy atom. The molecular formula is C10H9N3O3. The fourth-order valence-electron chi connectivity index (χ4n) is 1.41. The number of aromatic amines is 1. The van der Waals surface area contributed by atoms with Crippen LogP contribution in [0.15, 0.2) is 24.3 Å². The van der Waals surface area contributed by atoms with Crippen molar-refractivity contribution in [3.63, 3.8) is 0 Å². The molecule has 6 heteroatoms. The number of carboxylic acid groups (broad SMARTS) is 1. The first kappa shape index (κ1) is 10.0. The molecule has 0 bridgehead atoms. The third kappa shape index (κ3) is 1.56. The first-order chi connectivity index (χ1) is 7.59. The SMILES string of the molecule is Nc1n[nH]c(-c2ccc(O)cc2)c1C(=O)O. The van der Waals surface area contributed by atoms with Gasteiger partial charge in [-0.1, -0.05) is 0 Å². The predicted molar refractivity (Wildman–Crippen MR) is 57.1 cm³/mol. The monoisotopic (exact) mass is 219 g/mol. The predicted octanol–water partition coefficient (Wildman–Crippen LogP) is 1.06. The summed E-state index contributed by atoms with van der Waals surface area (Å²) < 4.78 is 0. The van der Waals surface area contributed by atoms with Gasteiger partial charge in [0.25, 0.3) is 0 Å². The molecule has 0 amide bonds. The summed E-state index contributed by atoms with van der Waals surface area (Å²) in [5.41, 5.74) is 6.29. The van der Waals surface area contributed by atoms with E-state index in [1.165, 1.54) is 12.1 Å². The summed E-state index contributed by atoms with van der Waals surface area (Å²) in [4.78, 5) is 11.0. The van der Waals surface area contributed by atoms with Gasteiger partial charge in [0.1, 0.15) is 11.3 Å². The Balaban J connectivity index is 2.56. The van der Waals surface area contributed by atoms with E-state index >= 15 is 0 Å². The van der Waals surface area contributed by atoms with Crippen LogP contribution in [0.5, 0.6) is 5.75 Å². The molecule has 82 valence electrons. The van der Waals surface area contributed by atoms with Gasteiger partial charge >= 0.3 is 5.97 Å². The lowest BCUT2D eigenvalue weighted by Gasteiger charge is -2.00. The molecule has 2 rings (SSSR count). The van der Waals surface area contributed by atoms with Crippen molar-refractivity contribution in [1.82, 2.24) is 10.2 Å². The lowest BCUT2D eigenvalue weighted by molar-refractivity contribution is 0.0699. The number of anilines is 1. The Kier molecular flexibility index (Phi) is 2.24. The number of rotatable bonds is 2. The van der Waals surface area contributed by atoms with E-state index in [1.807, 2.05) is 0 Å². The van der Waals surface area contributed by atoms with Crippen molar-refractivity contribution < 1.29 is 15.0 Å². The lowest BCUT2D eigenvalue weighted by Crippen LogP contribution is -2.01. The smallest absolute Gasteiger partial charge is 0.341 e. The van der Waals surface area contributed by atoms with Crippen molar-refractivity contribution in [3.8, 4) is 17.0 Å². The average molecular weight is 219 g/mol. The molecule has 0 saturated heterocycles. The van der Waals surface area contributed by atoms with E-state index in [2.05, 4.69) is 10.2 Å². The van der Waals surface area contributed by atoms with Gasteiger partial charge in [-0.2, -0.15) is 5.10 Å². The van der Waals surface area contributed by atoms with E-state index in [0.29, 0.717) is 11.3 Å². The third-order valence-corrected chi connectivity index (χ3v) is 2.16. The highest BCUT2D eigenvalue weighted by molar-refractivity contribution is 5.99. The van der Waals surface area contributed by atoms with Crippen LogP contribution in [0, 0.1) is 0 Å². The fraction of sp³-hybridized carbons (Fsp3) is 0. The average Bonchev–Trinajstić information content (AvgIpc) is 2.61. The number of H-pyrrole nitrogens is 1. The highest BCUT2D eigenvalue weighted by Gasteiger charge is 2.18. The number of nitrogen functional groups attached to an aromatic ring is 1. The largest absolute Gasteiger partial charge is 0.508 e. The normalized spacial score (nSPS) is 10.2. The fourth-order valence-corrected chi connectivity index (χ4v) is 1.41. The molecule has 1 heterocycles. The second-order valence-electron chi connectivity index (χ2n) is 3.21. The van der Waals surface area contributed by atoms with Gasteiger partial charge < -0.3 is 15.9 Å². The first-order valence-corrected chi connectivity index (χ1v) is 4.46. The van der Waals surface area contributed by atoms with Crippen LogP contribution in [-0.2, 0) is 0 Å². The first-order valence-electron chi connectivity index (χ1n) is 4.46. The van der Waals surface area contributed by atoms with Gasteiger partial charge in [0.2, 0.25) is 0 Å². The molecule has 16 heavy (non-hydrogen) atoms. The van der Waals surface area contributed by atoms with Gasteiger partial charge in [0.15, 0.2) is 5.82 Å². The maximum Gasteiger partial charge on any atom is 0.341 e. The van der Waals surface area contributed by atoms with Crippen molar-refractivity contribution in [1.29, 1.82) is 0 Å². The number of aromatic carboxylic acids is 1. The van der Waals surface area contributed by atoms with Crippen LogP contribution in [0.2, 0.25) is 0 Å². The van der Waals surface area contributed by atoms with E-state index in [0.717, 1.165) is 0 Å². The van der Waals surface area contributed by atoms with Crippen molar-refractivity contribution in [2.75, 3.05) is 5.73 Å². The van der Waals surface area contributed by atoms with Crippen molar-refractivity contribution >= 4 is 11.8 Å². The maximum absolute atomic E-state index is 11.0. The molecule has 0 fully saturated rings. The molecule has 0 aliphatic rings. The number of aromatic nitrogens is 2. The number of phenols is 1. The summed E-state index contributed by atoms with van der Waals surface area (Å²) in [5, 5.41) is 24.3. The maximum atomic E-state index is 11.0. The summed E-state index contributed by atoms with van der Waals surface area (Å²) in [6, 6.07) is 6.07. The molecule has 1 aromatic heterocycles. The number of hydrogen-bond donors (Lipinski definition) is 4. The van der Waals surface area contributed by atoms with Crippen molar-refractivity contribution in [2.45, 2.75) is 0 Å². The summed E-state index contributed by atoms with van der Waals surface area (Å²) in [6.45, 7) is 0. The molecular weight excluding hydrogens is 210 g/mol. The number of aromatic hydroxyl groups is 1. The number of hydrogen-bond acceptors (Lipinski definition) is 4. The van der Waals surface area contributed by atoms with Crippen LogP contribution in [0.25, 0.3) is 11.3 Å². The van der Waals surface area contributed by atoms with E-state index in [1.54, 1.807) is 12.1 Å². The zero-order valence-electron chi connectivity index (χ0n) is 8.14. The minimum absolute atomic E-state index is 0.0597. The highest BCUT2D eigenvalue weighted by atomic mass is 16.4. The zero-order valence-corrected chi connectivity index (χ0v) is 8.14. The number of benzene rings is 1. The van der Waals surface area contributed by atoms with Gasteiger partial charge in [-0.3, -0.25) is 5.10 Å². The molecule has 0 atom stereocenters. The van der Waals surface area contributed by atoms with E-state index < -0.39 is 5.97 Å². The number of carbonyl (C=O) groups is 1. The van der Waals surface area contributed by atoms with Crippen LogP contribution in [0.4, 0.5) is 5.82 Å². The van der Waals surface area contributed by atoms with E-state index in [4.69, 9.17) is 15.9 Å². The number of carboxylic acids is 1. The minimum Gasteiger partial charge on any atom is -0.508 e. The van der Waals surface area contributed by atoms with E-state index in [9.17, 15) is 4.79 Å². The molecule has 0 aliphatic heterocycles. The van der Waals surface area contributed by atoms with Gasteiger partial charge in [-0.05, 0) is 24.3 Å². The van der Waals surface area contributed by atoms with Crippen molar-refractivity contribution in [3.05, 3.63) is 29.8 Å². The molecule has 0 radical (unpaired) electrons. The zero-order chi connectivity index (χ0) is 11.7. The Morgan fingerprint density at radius 2 is 1.94 bits per heavy atom. The Bertz CT molecular complexity index is 531. The molecule has 6 nitrogen and oxygen atoms in total. The van der Waals surface area contributed by atoms with Gasteiger partial charge in [-0.25, -0.2) is 4.79 Å². The van der Waals surface area contributed by atoms with Crippen LogP contribution in [0.3, 0.4) is 0 Å². The van der Waals surface area contributed by atoms with Crippen LogP contribution in [-0.4, -0.2) is 26.4 Å². The Morgan fingerprint density at radius 1 is 1.31 bits per heavy atom. The van der Waals surface area contributed by atoms with Crippen LogP contribution < -0.4 is 5.73 Å². The lowest BCUT2D eigenvalue weighted by atomic mass is 10.1. The topological polar surface area (TPSA) is 112 Å². The van der Waals surface area contributed by atoms with Crippen LogP contribution >= 0.6 is 0 Å². The summed E-state index contributed by atoms with van der Waals surface area (Å²) >= 11 is 0. The molecule has 1 aromatic carbocycles. The Hall–Kier alpha value is -2.50. The Labute approximate surface area is 90.3 Å².